The molecular weight excluding hydrogens is 318 g/mol. The van der Waals surface area contributed by atoms with Gasteiger partial charge in [-0.15, -0.1) is 0 Å². The number of amides is 1. The Morgan fingerprint density at radius 2 is 2.00 bits per heavy atom. The highest BCUT2D eigenvalue weighted by molar-refractivity contribution is 5.77. The van der Waals surface area contributed by atoms with Gasteiger partial charge >= 0.3 is 0 Å². The van der Waals surface area contributed by atoms with Crippen molar-refractivity contribution in [2.75, 3.05) is 40.5 Å². The molecule has 0 aromatic heterocycles. The number of hydrogen-bond donors (Lipinski definition) is 0. The molecular formula is C19H27N3O3. The second-order valence-electron chi connectivity index (χ2n) is 7.51. The predicted molar refractivity (Wildman–Crippen MR) is 94.7 cm³/mol. The fourth-order valence-corrected chi connectivity index (χ4v) is 4.31. The van der Waals surface area contributed by atoms with Gasteiger partial charge in [0.25, 0.3) is 0 Å². The quantitative estimate of drug-likeness (QED) is 0.810. The maximum absolute atomic E-state index is 12.4. The molecule has 0 radical (unpaired) electrons. The van der Waals surface area contributed by atoms with Gasteiger partial charge in [0, 0.05) is 44.7 Å². The number of carbonyl (C=O) groups excluding carboxylic acids is 1. The van der Waals surface area contributed by atoms with Gasteiger partial charge in [0.15, 0.2) is 11.5 Å². The fraction of sp³-hybridized carbons (Fsp3) is 0.632. The van der Waals surface area contributed by atoms with Gasteiger partial charge in [-0.1, -0.05) is 6.07 Å². The van der Waals surface area contributed by atoms with Crippen LogP contribution in [-0.4, -0.2) is 73.2 Å². The lowest BCUT2D eigenvalue weighted by atomic mass is 9.96. The van der Waals surface area contributed by atoms with E-state index < -0.39 is 0 Å². The lowest BCUT2D eigenvalue weighted by molar-refractivity contribution is -0.137. The van der Waals surface area contributed by atoms with Gasteiger partial charge in [-0.3, -0.25) is 9.69 Å². The van der Waals surface area contributed by atoms with Crippen molar-refractivity contribution < 1.29 is 14.3 Å². The third-order valence-corrected chi connectivity index (χ3v) is 5.61. The van der Waals surface area contributed by atoms with Gasteiger partial charge < -0.3 is 19.3 Å². The minimum Gasteiger partial charge on any atom is -0.454 e. The van der Waals surface area contributed by atoms with Crippen molar-refractivity contribution in [3.63, 3.8) is 0 Å². The molecule has 2 unspecified atom stereocenters. The fourth-order valence-electron chi connectivity index (χ4n) is 4.31. The molecule has 3 heterocycles. The Hall–Kier alpha value is -1.79. The van der Waals surface area contributed by atoms with Crippen LogP contribution in [0.2, 0.25) is 0 Å². The third-order valence-electron chi connectivity index (χ3n) is 5.61. The molecule has 2 atom stereocenters. The van der Waals surface area contributed by atoms with Crippen molar-refractivity contribution in [1.29, 1.82) is 0 Å². The first-order valence-electron chi connectivity index (χ1n) is 9.18. The molecule has 6 nitrogen and oxygen atoms in total. The lowest BCUT2D eigenvalue weighted by Crippen LogP contribution is -2.53. The van der Waals surface area contributed by atoms with E-state index in [0.29, 0.717) is 31.2 Å². The van der Waals surface area contributed by atoms with Crippen molar-refractivity contribution in [1.82, 2.24) is 14.7 Å². The summed E-state index contributed by atoms with van der Waals surface area (Å²) in [6, 6.07) is 7.06. The van der Waals surface area contributed by atoms with E-state index >= 15 is 0 Å². The molecule has 0 bridgehead atoms. The van der Waals surface area contributed by atoms with E-state index in [1.165, 1.54) is 5.56 Å². The maximum Gasteiger partial charge on any atom is 0.231 e. The topological polar surface area (TPSA) is 45.2 Å². The van der Waals surface area contributed by atoms with E-state index in [2.05, 4.69) is 40.9 Å². The van der Waals surface area contributed by atoms with E-state index in [-0.39, 0.29) is 0 Å². The van der Waals surface area contributed by atoms with Crippen LogP contribution < -0.4 is 9.47 Å². The number of rotatable bonds is 5. The molecule has 3 aliphatic rings. The van der Waals surface area contributed by atoms with E-state index in [9.17, 15) is 4.79 Å². The Morgan fingerprint density at radius 1 is 1.16 bits per heavy atom. The summed E-state index contributed by atoms with van der Waals surface area (Å²) in [6.07, 6.45) is 2.73. The summed E-state index contributed by atoms with van der Waals surface area (Å²) in [5.74, 6) is 2.01. The number of piperidine rings is 1. The molecule has 1 aromatic carbocycles. The number of benzene rings is 1. The summed E-state index contributed by atoms with van der Waals surface area (Å²) in [6.45, 7) is 4.04. The number of likely N-dealkylation sites (tertiary alicyclic amines) is 2. The molecule has 136 valence electrons. The van der Waals surface area contributed by atoms with E-state index in [1.54, 1.807) is 0 Å². The van der Waals surface area contributed by atoms with Crippen molar-refractivity contribution in [3.05, 3.63) is 23.8 Å². The Labute approximate surface area is 149 Å². The first-order chi connectivity index (χ1) is 12.1. The van der Waals surface area contributed by atoms with Crippen LogP contribution in [0, 0.1) is 0 Å². The summed E-state index contributed by atoms with van der Waals surface area (Å²) in [5, 5.41) is 0. The molecule has 4 rings (SSSR count). The number of carbonyl (C=O) groups is 1. The highest BCUT2D eigenvalue weighted by Crippen LogP contribution is 2.35. The van der Waals surface area contributed by atoms with Gasteiger partial charge in [-0.25, -0.2) is 0 Å². The van der Waals surface area contributed by atoms with Crippen molar-refractivity contribution >= 4 is 5.91 Å². The van der Waals surface area contributed by atoms with Crippen LogP contribution in [0.5, 0.6) is 11.5 Å². The smallest absolute Gasteiger partial charge is 0.231 e. The first-order valence-corrected chi connectivity index (χ1v) is 9.18. The Kier molecular flexibility index (Phi) is 4.56. The van der Waals surface area contributed by atoms with Crippen LogP contribution in [0.25, 0.3) is 0 Å². The first kappa shape index (κ1) is 16.7. The summed E-state index contributed by atoms with van der Waals surface area (Å²) in [4.78, 5) is 19.2. The van der Waals surface area contributed by atoms with Gasteiger partial charge in [-0.2, -0.15) is 0 Å². The molecule has 1 aromatic rings. The van der Waals surface area contributed by atoms with Gasteiger partial charge in [0.1, 0.15) is 0 Å². The van der Waals surface area contributed by atoms with E-state index in [1.807, 2.05) is 6.07 Å². The number of hydrogen-bond acceptors (Lipinski definition) is 5. The molecule has 2 saturated heterocycles. The molecule has 3 aliphatic heterocycles. The van der Waals surface area contributed by atoms with Crippen LogP contribution in [-0.2, 0) is 11.3 Å². The summed E-state index contributed by atoms with van der Waals surface area (Å²) in [5.41, 5.74) is 1.25. The summed E-state index contributed by atoms with van der Waals surface area (Å²) in [7, 11) is 4.12. The van der Waals surface area contributed by atoms with Crippen molar-refractivity contribution in [3.8, 4) is 11.5 Å². The highest BCUT2D eigenvalue weighted by atomic mass is 16.7. The molecule has 6 heteroatoms. The molecule has 0 spiro atoms. The zero-order valence-electron chi connectivity index (χ0n) is 15.1. The summed E-state index contributed by atoms with van der Waals surface area (Å²) < 4.78 is 10.9. The molecule has 25 heavy (non-hydrogen) atoms. The van der Waals surface area contributed by atoms with Crippen molar-refractivity contribution in [2.24, 2.45) is 0 Å². The van der Waals surface area contributed by atoms with Crippen molar-refractivity contribution in [2.45, 2.75) is 37.9 Å². The van der Waals surface area contributed by atoms with Crippen LogP contribution in [0.3, 0.4) is 0 Å². The average molecular weight is 345 g/mol. The minimum atomic E-state index is 0.316. The number of nitrogens with zero attached hydrogens (tertiary/aromatic N) is 3. The van der Waals surface area contributed by atoms with Crippen LogP contribution in [0.15, 0.2) is 18.2 Å². The maximum atomic E-state index is 12.4. The second kappa shape index (κ2) is 6.84. The van der Waals surface area contributed by atoms with Gasteiger partial charge in [-0.05, 0) is 44.6 Å². The lowest BCUT2D eigenvalue weighted by Gasteiger charge is -2.40. The Bertz CT molecular complexity index is 649. The van der Waals surface area contributed by atoms with Crippen LogP contribution >= 0.6 is 0 Å². The number of ether oxygens (including phenoxy) is 2. The monoisotopic (exact) mass is 345 g/mol. The number of likely N-dealkylation sites (N-methyl/N-ethyl adjacent to an activating group) is 1. The van der Waals surface area contributed by atoms with E-state index in [0.717, 1.165) is 50.5 Å². The molecule has 0 N–H and O–H groups in total. The van der Waals surface area contributed by atoms with Crippen LogP contribution in [0.4, 0.5) is 0 Å². The normalized spacial score (nSPS) is 25.7. The highest BCUT2D eigenvalue weighted by Gasteiger charge is 2.42. The van der Waals surface area contributed by atoms with Gasteiger partial charge in [0.05, 0.1) is 0 Å². The van der Waals surface area contributed by atoms with E-state index in [4.69, 9.17) is 9.47 Å². The molecule has 2 fully saturated rings. The number of fused-ring (bicyclic) bond motifs is 2. The Morgan fingerprint density at radius 3 is 2.84 bits per heavy atom. The summed E-state index contributed by atoms with van der Waals surface area (Å²) >= 11 is 0. The molecule has 1 amide bonds. The largest absolute Gasteiger partial charge is 0.454 e. The van der Waals surface area contributed by atoms with Gasteiger partial charge in [0.2, 0.25) is 12.7 Å². The zero-order chi connectivity index (χ0) is 17.4. The average Bonchev–Trinajstić information content (AvgIpc) is 3.20. The molecule has 0 saturated carbocycles. The Balaban J connectivity index is 1.44. The standard InChI is InChI=1S/C19H27N3O3/c1-20(2)9-10-22-16-7-8-21(15(16)4-6-19(22)23)12-14-3-5-17-18(11-14)25-13-24-17/h3,5,11,15-16H,4,6-10,12-13H2,1-2H3. The predicted octanol–water partition coefficient (Wildman–Crippen LogP) is 1.54. The second-order valence-corrected chi connectivity index (χ2v) is 7.51. The SMILES string of the molecule is CN(C)CCN1C(=O)CCC2C1CCN2Cc1ccc2c(c1)OCO2. The third kappa shape index (κ3) is 3.33. The minimum absolute atomic E-state index is 0.316. The zero-order valence-corrected chi connectivity index (χ0v) is 15.1. The van der Waals surface area contributed by atoms with Crippen LogP contribution in [0.1, 0.15) is 24.8 Å². The molecule has 0 aliphatic carbocycles.